The number of carbonyl (C=O) groups excluding carboxylic acids is 1. The van der Waals surface area contributed by atoms with Gasteiger partial charge in [0.15, 0.2) is 0 Å². The summed E-state index contributed by atoms with van der Waals surface area (Å²) < 4.78 is 0. The molecule has 0 aliphatic rings. The van der Waals surface area contributed by atoms with Gasteiger partial charge >= 0.3 is 0 Å². The van der Waals surface area contributed by atoms with Crippen molar-refractivity contribution in [3.8, 4) is 0 Å². The molecular formula is C14H20N2O. The monoisotopic (exact) mass is 232 g/mol. The highest BCUT2D eigenvalue weighted by Gasteiger charge is 2.06. The van der Waals surface area contributed by atoms with Gasteiger partial charge in [0.25, 0.3) is 0 Å². The first-order valence-corrected chi connectivity index (χ1v) is 5.77. The molecule has 3 heteroatoms. The number of benzene rings is 1. The second kappa shape index (κ2) is 6.09. The Hall–Kier alpha value is -1.77. The molecule has 92 valence electrons. The highest BCUT2D eigenvalue weighted by molar-refractivity contribution is 5.91. The van der Waals surface area contributed by atoms with Crippen LogP contribution in [-0.2, 0) is 4.79 Å². The van der Waals surface area contributed by atoms with Crippen LogP contribution >= 0.6 is 0 Å². The van der Waals surface area contributed by atoms with Crippen molar-refractivity contribution in [1.82, 2.24) is 4.90 Å². The highest BCUT2D eigenvalue weighted by Crippen LogP contribution is 2.07. The van der Waals surface area contributed by atoms with Gasteiger partial charge < -0.3 is 10.6 Å². The third kappa shape index (κ3) is 4.72. The van der Waals surface area contributed by atoms with Gasteiger partial charge in [0.1, 0.15) is 0 Å². The minimum Gasteiger partial charge on any atom is -0.399 e. The van der Waals surface area contributed by atoms with Gasteiger partial charge in [-0.3, -0.25) is 4.79 Å². The zero-order valence-electron chi connectivity index (χ0n) is 10.7. The van der Waals surface area contributed by atoms with Crippen molar-refractivity contribution in [2.24, 2.45) is 5.92 Å². The Morgan fingerprint density at radius 2 is 1.94 bits per heavy atom. The standard InChI is InChI=1S/C14H20N2O/c1-11(2)10-16(3)14(17)9-6-12-4-7-13(15)8-5-12/h4-9,11H,10,15H2,1-3H3/b9-6+. The Labute approximate surface area is 103 Å². The lowest BCUT2D eigenvalue weighted by Gasteiger charge is -2.17. The van der Waals surface area contributed by atoms with E-state index in [1.807, 2.05) is 31.3 Å². The fraction of sp³-hybridized carbons (Fsp3) is 0.357. The molecule has 0 aromatic heterocycles. The van der Waals surface area contributed by atoms with Gasteiger partial charge in [0, 0.05) is 25.4 Å². The number of nitrogens with zero attached hydrogens (tertiary/aromatic N) is 1. The lowest BCUT2D eigenvalue weighted by Crippen LogP contribution is -2.28. The van der Waals surface area contributed by atoms with E-state index in [0.29, 0.717) is 5.92 Å². The maximum atomic E-state index is 11.7. The van der Waals surface area contributed by atoms with Crippen LogP contribution in [-0.4, -0.2) is 24.4 Å². The van der Waals surface area contributed by atoms with Crippen molar-refractivity contribution in [2.45, 2.75) is 13.8 Å². The zero-order chi connectivity index (χ0) is 12.8. The summed E-state index contributed by atoms with van der Waals surface area (Å²) in [5, 5.41) is 0. The van der Waals surface area contributed by atoms with E-state index in [2.05, 4.69) is 13.8 Å². The predicted octanol–water partition coefficient (Wildman–Crippen LogP) is 2.40. The molecule has 0 unspecified atom stereocenters. The van der Waals surface area contributed by atoms with E-state index in [1.54, 1.807) is 17.1 Å². The summed E-state index contributed by atoms with van der Waals surface area (Å²) in [6.45, 7) is 4.95. The van der Waals surface area contributed by atoms with Crippen LogP contribution in [0.5, 0.6) is 0 Å². The first-order valence-electron chi connectivity index (χ1n) is 5.77. The van der Waals surface area contributed by atoms with Crippen LogP contribution in [0.15, 0.2) is 30.3 Å². The van der Waals surface area contributed by atoms with Gasteiger partial charge in [-0.15, -0.1) is 0 Å². The maximum Gasteiger partial charge on any atom is 0.246 e. The van der Waals surface area contributed by atoms with E-state index >= 15 is 0 Å². The zero-order valence-corrected chi connectivity index (χ0v) is 10.7. The summed E-state index contributed by atoms with van der Waals surface area (Å²) in [6, 6.07) is 7.42. The highest BCUT2D eigenvalue weighted by atomic mass is 16.2. The van der Waals surface area contributed by atoms with Gasteiger partial charge in [0.2, 0.25) is 5.91 Å². The summed E-state index contributed by atoms with van der Waals surface area (Å²) in [4.78, 5) is 13.5. The van der Waals surface area contributed by atoms with E-state index in [-0.39, 0.29) is 5.91 Å². The van der Waals surface area contributed by atoms with E-state index in [1.165, 1.54) is 0 Å². The van der Waals surface area contributed by atoms with Crippen molar-refractivity contribution >= 4 is 17.7 Å². The van der Waals surface area contributed by atoms with Crippen molar-refractivity contribution in [3.05, 3.63) is 35.9 Å². The summed E-state index contributed by atoms with van der Waals surface area (Å²) in [5.41, 5.74) is 7.29. The van der Waals surface area contributed by atoms with E-state index in [0.717, 1.165) is 17.8 Å². The first kappa shape index (κ1) is 13.3. The van der Waals surface area contributed by atoms with Crippen LogP contribution in [0.2, 0.25) is 0 Å². The first-order chi connectivity index (χ1) is 7.99. The number of rotatable bonds is 4. The molecule has 1 aromatic rings. The average Bonchev–Trinajstić information content (AvgIpc) is 2.27. The predicted molar refractivity (Wildman–Crippen MR) is 72.4 cm³/mol. The summed E-state index contributed by atoms with van der Waals surface area (Å²) >= 11 is 0. The number of amides is 1. The molecule has 0 bridgehead atoms. The van der Waals surface area contributed by atoms with Crippen LogP contribution in [0.1, 0.15) is 19.4 Å². The molecule has 3 nitrogen and oxygen atoms in total. The molecular weight excluding hydrogens is 212 g/mol. The molecule has 0 aliphatic heterocycles. The fourth-order valence-electron chi connectivity index (χ4n) is 1.54. The molecule has 1 rings (SSSR count). The minimum absolute atomic E-state index is 0.0236. The largest absolute Gasteiger partial charge is 0.399 e. The summed E-state index contributed by atoms with van der Waals surface area (Å²) in [7, 11) is 1.82. The smallest absolute Gasteiger partial charge is 0.246 e. The lowest BCUT2D eigenvalue weighted by atomic mass is 10.2. The molecule has 0 heterocycles. The molecule has 1 aromatic carbocycles. The van der Waals surface area contributed by atoms with E-state index in [4.69, 9.17) is 5.73 Å². The van der Waals surface area contributed by atoms with Gasteiger partial charge in [-0.2, -0.15) is 0 Å². The van der Waals surface area contributed by atoms with Crippen molar-refractivity contribution in [1.29, 1.82) is 0 Å². The van der Waals surface area contributed by atoms with Crippen LogP contribution in [0, 0.1) is 5.92 Å². The van der Waals surface area contributed by atoms with Crippen molar-refractivity contribution in [2.75, 3.05) is 19.3 Å². The topological polar surface area (TPSA) is 46.3 Å². The second-order valence-corrected chi connectivity index (χ2v) is 4.61. The number of likely N-dealkylation sites (N-methyl/N-ethyl adjacent to an activating group) is 1. The van der Waals surface area contributed by atoms with Crippen molar-refractivity contribution < 1.29 is 4.79 Å². The van der Waals surface area contributed by atoms with Crippen LogP contribution in [0.25, 0.3) is 6.08 Å². The normalized spacial score (nSPS) is 11.1. The number of nitrogens with two attached hydrogens (primary N) is 1. The van der Waals surface area contributed by atoms with Crippen LogP contribution in [0.3, 0.4) is 0 Å². The summed E-state index contributed by atoms with van der Waals surface area (Å²) in [6.07, 6.45) is 3.40. The molecule has 0 spiro atoms. The molecule has 0 saturated heterocycles. The number of nitrogen functional groups attached to an aromatic ring is 1. The lowest BCUT2D eigenvalue weighted by molar-refractivity contribution is -0.125. The molecule has 2 N–H and O–H groups in total. The molecule has 0 saturated carbocycles. The van der Waals surface area contributed by atoms with Gasteiger partial charge in [0.05, 0.1) is 0 Å². The van der Waals surface area contributed by atoms with Gasteiger partial charge in [-0.25, -0.2) is 0 Å². The Bertz CT molecular complexity index is 393. The van der Waals surface area contributed by atoms with Gasteiger partial charge in [-0.1, -0.05) is 26.0 Å². The van der Waals surface area contributed by atoms with E-state index < -0.39 is 0 Å². The molecule has 17 heavy (non-hydrogen) atoms. The fourth-order valence-corrected chi connectivity index (χ4v) is 1.54. The maximum absolute atomic E-state index is 11.7. The Kier molecular flexibility index (Phi) is 4.76. The van der Waals surface area contributed by atoms with Gasteiger partial charge in [-0.05, 0) is 29.7 Å². The third-order valence-corrected chi connectivity index (χ3v) is 2.37. The number of carbonyl (C=O) groups is 1. The number of hydrogen-bond donors (Lipinski definition) is 1. The minimum atomic E-state index is 0.0236. The molecule has 0 fully saturated rings. The number of anilines is 1. The average molecular weight is 232 g/mol. The SMILES string of the molecule is CC(C)CN(C)C(=O)/C=C/c1ccc(N)cc1. The van der Waals surface area contributed by atoms with Crippen LogP contribution in [0.4, 0.5) is 5.69 Å². The molecule has 1 amide bonds. The Balaban J connectivity index is 2.58. The Morgan fingerprint density at radius 3 is 2.47 bits per heavy atom. The van der Waals surface area contributed by atoms with Crippen molar-refractivity contribution in [3.63, 3.8) is 0 Å². The molecule has 0 aliphatic carbocycles. The quantitative estimate of drug-likeness (QED) is 0.640. The summed E-state index contributed by atoms with van der Waals surface area (Å²) in [5.74, 6) is 0.504. The third-order valence-electron chi connectivity index (χ3n) is 2.37. The molecule has 0 radical (unpaired) electrons. The number of hydrogen-bond acceptors (Lipinski definition) is 2. The van der Waals surface area contributed by atoms with Crippen LogP contribution < -0.4 is 5.73 Å². The molecule has 0 atom stereocenters. The van der Waals surface area contributed by atoms with E-state index in [9.17, 15) is 4.79 Å². The second-order valence-electron chi connectivity index (χ2n) is 4.61. The Morgan fingerprint density at radius 1 is 1.35 bits per heavy atom.